The molecule has 1 N–H and O–H groups in total. The van der Waals surface area contributed by atoms with Gasteiger partial charge < -0.3 is 5.11 Å². The summed E-state index contributed by atoms with van der Waals surface area (Å²) in [6, 6.07) is 0. The fourth-order valence-electron chi connectivity index (χ4n) is 1.67. The molecule has 1 aromatic rings. The van der Waals surface area contributed by atoms with Crippen molar-refractivity contribution >= 4 is 23.4 Å². The molecule has 0 saturated carbocycles. The van der Waals surface area contributed by atoms with Crippen LogP contribution in [0.2, 0.25) is 0 Å². The third-order valence-corrected chi connectivity index (χ3v) is 3.49. The number of fused-ring (bicyclic) bond motifs is 1. The summed E-state index contributed by atoms with van der Waals surface area (Å²) in [6.07, 6.45) is 1.43. The second kappa shape index (κ2) is 5.51. The molecule has 0 amide bonds. The van der Waals surface area contributed by atoms with Gasteiger partial charge >= 0.3 is 5.97 Å². The molecule has 0 fully saturated rings. The Labute approximate surface area is 109 Å². The van der Waals surface area contributed by atoms with Gasteiger partial charge in [0.2, 0.25) is 5.16 Å². The number of aliphatic carboxylic acids is 1. The summed E-state index contributed by atoms with van der Waals surface area (Å²) in [6.45, 7) is 4.24. The standard InChI is InChI=1S/C11H16N4O2S/c1-7(2)5-9-12-13-11-15(9)14-8(6-18-11)3-4-10(16)17/h7H,3-6H2,1-2H3,(H,16,17). The minimum atomic E-state index is -0.792. The lowest BCUT2D eigenvalue weighted by atomic mass is 10.1. The number of hydrogen-bond acceptors (Lipinski definition) is 5. The van der Waals surface area contributed by atoms with E-state index >= 15 is 0 Å². The molecule has 2 heterocycles. The summed E-state index contributed by atoms with van der Waals surface area (Å²) in [5.74, 6) is 1.25. The molecular weight excluding hydrogens is 252 g/mol. The van der Waals surface area contributed by atoms with E-state index < -0.39 is 5.97 Å². The van der Waals surface area contributed by atoms with E-state index in [0.717, 1.165) is 23.1 Å². The van der Waals surface area contributed by atoms with E-state index in [4.69, 9.17) is 5.11 Å². The Hall–Kier alpha value is -1.37. The number of carboxylic acid groups (broad SMARTS) is 1. The maximum absolute atomic E-state index is 10.6. The van der Waals surface area contributed by atoms with Crippen LogP contribution < -0.4 is 0 Å². The molecule has 0 aromatic carbocycles. The van der Waals surface area contributed by atoms with E-state index in [0.29, 0.717) is 18.1 Å². The van der Waals surface area contributed by atoms with E-state index in [1.54, 1.807) is 16.4 Å². The molecule has 2 rings (SSSR count). The minimum absolute atomic E-state index is 0.121. The molecule has 6 nitrogen and oxygen atoms in total. The average molecular weight is 268 g/mol. The molecule has 98 valence electrons. The van der Waals surface area contributed by atoms with Gasteiger partial charge in [0.1, 0.15) is 0 Å². The van der Waals surface area contributed by atoms with Gasteiger partial charge in [-0.25, -0.2) is 0 Å². The van der Waals surface area contributed by atoms with Crippen LogP contribution in [0.1, 0.15) is 32.5 Å². The first-order valence-corrected chi connectivity index (χ1v) is 6.90. The summed E-state index contributed by atoms with van der Waals surface area (Å²) in [7, 11) is 0. The smallest absolute Gasteiger partial charge is 0.303 e. The number of carboxylic acids is 1. The van der Waals surface area contributed by atoms with Crippen molar-refractivity contribution in [2.24, 2.45) is 11.0 Å². The summed E-state index contributed by atoms with van der Waals surface area (Å²) in [4.78, 5) is 10.6. The second-order valence-corrected chi connectivity index (χ2v) is 5.60. The van der Waals surface area contributed by atoms with Gasteiger partial charge in [0.15, 0.2) is 5.82 Å². The number of nitrogens with zero attached hydrogens (tertiary/aromatic N) is 4. The molecule has 0 radical (unpaired) electrons. The van der Waals surface area contributed by atoms with Crippen molar-refractivity contribution in [1.29, 1.82) is 0 Å². The molecule has 0 spiro atoms. The zero-order valence-electron chi connectivity index (χ0n) is 10.5. The molecule has 18 heavy (non-hydrogen) atoms. The molecule has 0 aliphatic carbocycles. The molecule has 1 aliphatic heterocycles. The maximum atomic E-state index is 10.6. The number of rotatable bonds is 5. The minimum Gasteiger partial charge on any atom is -0.481 e. The van der Waals surface area contributed by atoms with Crippen LogP contribution in [-0.4, -0.2) is 37.4 Å². The van der Waals surface area contributed by atoms with E-state index in [9.17, 15) is 4.79 Å². The molecule has 0 bridgehead atoms. The van der Waals surface area contributed by atoms with Gasteiger partial charge in [0.05, 0.1) is 6.42 Å². The van der Waals surface area contributed by atoms with Crippen LogP contribution in [0.3, 0.4) is 0 Å². The molecule has 0 saturated heterocycles. The van der Waals surface area contributed by atoms with E-state index in [1.165, 1.54) is 0 Å². The quantitative estimate of drug-likeness (QED) is 0.878. The van der Waals surface area contributed by atoms with Gasteiger partial charge in [-0.2, -0.15) is 9.78 Å². The van der Waals surface area contributed by atoms with Crippen molar-refractivity contribution in [1.82, 2.24) is 14.9 Å². The van der Waals surface area contributed by atoms with Crippen molar-refractivity contribution in [3.05, 3.63) is 5.82 Å². The van der Waals surface area contributed by atoms with Gasteiger partial charge in [-0.05, 0) is 12.3 Å². The van der Waals surface area contributed by atoms with Crippen molar-refractivity contribution in [3.8, 4) is 0 Å². The zero-order valence-corrected chi connectivity index (χ0v) is 11.3. The maximum Gasteiger partial charge on any atom is 0.303 e. The van der Waals surface area contributed by atoms with Crippen LogP contribution in [0.5, 0.6) is 0 Å². The normalized spacial score (nSPS) is 14.5. The molecule has 0 atom stereocenters. The number of hydrogen-bond donors (Lipinski definition) is 1. The highest BCUT2D eigenvalue weighted by molar-refractivity contribution is 7.99. The average Bonchev–Trinajstić information content (AvgIpc) is 2.68. The highest BCUT2D eigenvalue weighted by atomic mass is 32.2. The second-order valence-electron chi connectivity index (χ2n) is 4.66. The first kappa shape index (κ1) is 13.1. The Morgan fingerprint density at radius 1 is 1.50 bits per heavy atom. The highest BCUT2D eigenvalue weighted by Crippen LogP contribution is 2.23. The third-order valence-electron chi connectivity index (χ3n) is 2.50. The lowest BCUT2D eigenvalue weighted by molar-refractivity contribution is -0.136. The van der Waals surface area contributed by atoms with Crippen molar-refractivity contribution in [3.63, 3.8) is 0 Å². The Bertz CT molecular complexity index is 481. The molecule has 1 aliphatic rings. The zero-order chi connectivity index (χ0) is 13.1. The lowest BCUT2D eigenvalue weighted by Crippen LogP contribution is -2.15. The van der Waals surface area contributed by atoms with Crippen LogP contribution >= 0.6 is 11.8 Å². The fourth-order valence-corrected chi connectivity index (χ4v) is 2.53. The Balaban J connectivity index is 2.15. The van der Waals surface area contributed by atoms with Crippen LogP contribution in [0.25, 0.3) is 0 Å². The van der Waals surface area contributed by atoms with Crippen molar-refractivity contribution in [2.45, 2.75) is 38.3 Å². The Morgan fingerprint density at radius 3 is 2.94 bits per heavy atom. The predicted molar refractivity (Wildman–Crippen MR) is 69.0 cm³/mol. The summed E-state index contributed by atoms with van der Waals surface area (Å²) in [5.41, 5.74) is 0.889. The Morgan fingerprint density at radius 2 is 2.28 bits per heavy atom. The summed E-state index contributed by atoms with van der Waals surface area (Å²) in [5, 5.41) is 22.2. The van der Waals surface area contributed by atoms with Crippen molar-refractivity contribution in [2.75, 3.05) is 5.75 Å². The third kappa shape index (κ3) is 3.10. The number of aromatic nitrogens is 3. The van der Waals surface area contributed by atoms with Crippen LogP contribution in [0.4, 0.5) is 0 Å². The van der Waals surface area contributed by atoms with Gasteiger partial charge in [0.25, 0.3) is 0 Å². The highest BCUT2D eigenvalue weighted by Gasteiger charge is 2.19. The van der Waals surface area contributed by atoms with Crippen LogP contribution in [0, 0.1) is 5.92 Å². The lowest BCUT2D eigenvalue weighted by Gasteiger charge is -2.13. The SMILES string of the molecule is CC(C)Cc1nnc2n1N=C(CCC(=O)O)CS2. The largest absolute Gasteiger partial charge is 0.481 e. The van der Waals surface area contributed by atoms with Crippen LogP contribution in [0.15, 0.2) is 10.3 Å². The fraction of sp³-hybridized carbons (Fsp3) is 0.636. The first-order valence-electron chi connectivity index (χ1n) is 5.92. The van der Waals surface area contributed by atoms with Crippen molar-refractivity contribution < 1.29 is 9.90 Å². The molecule has 0 unspecified atom stereocenters. The molecule has 1 aromatic heterocycles. The van der Waals surface area contributed by atoms with Crippen LogP contribution in [-0.2, 0) is 11.2 Å². The van der Waals surface area contributed by atoms with Gasteiger partial charge in [0, 0.05) is 17.9 Å². The van der Waals surface area contributed by atoms with E-state index in [2.05, 4.69) is 29.1 Å². The van der Waals surface area contributed by atoms with E-state index in [-0.39, 0.29) is 6.42 Å². The predicted octanol–water partition coefficient (Wildman–Crippen LogP) is 1.65. The molecular formula is C11H16N4O2S. The summed E-state index contributed by atoms with van der Waals surface area (Å²) >= 11 is 1.56. The first-order chi connectivity index (χ1) is 8.56. The van der Waals surface area contributed by atoms with E-state index in [1.807, 2.05) is 0 Å². The summed E-state index contributed by atoms with van der Waals surface area (Å²) < 4.78 is 1.76. The van der Waals surface area contributed by atoms with Gasteiger partial charge in [-0.1, -0.05) is 25.6 Å². The topological polar surface area (TPSA) is 80.4 Å². The molecule has 7 heteroatoms. The van der Waals surface area contributed by atoms with Gasteiger partial charge in [-0.15, -0.1) is 10.2 Å². The van der Waals surface area contributed by atoms with Gasteiger partial charge in [-0.3, -0.25) is 4.79 Å². The monoisotopic (exact) mass is 268 g/mol. The number of carbonyl (C=O) groups is 1. The Kier molecular flexibility index (Phi) is 4.00. The number of thioether (sulfide) groups is 1.